The van der Waals surface area contributed by atoms with E-state index >= 15 is 0 Å². The number of carbonyl (C=O) groups excluding carboxylic acids is 1. The van der Waals surface area contributed by atoms with Gasteiger partial charge in [-0.05, 0) is 6.92 Å². The SMILES string of the molecule is COC(=O)C[C@H](C)Nc1ncc(N)c2ccccc12. The molecular formula is C14H17N3O2. The summed E-state index contributed by atoms with van der Waals surface area (Å²) >= 11 is 0. The van der Waals surface area contributed by atoms with E-state index in [0.717, 1.165) is 16.6 Å². The summed E-state index contributed by atoms with van der Waals surface area (Å²) in [7, 11) is 1.38. The summed E-state index contributed by atoms with van der Waals surface area (Å²) in [6.45, 7) is 1.91. The molecule has 0 saturated heterocycles. The van der Waals surface area contributed by atoms with Crippen LogP contribution in [0.15, 0.2) is 30.5 Å². The number of anilines is 2. The van der Waals surface area contributed by atoms with Gasteiger partial charge in [0.2, 0.25) is 0 Å². The number of benzene rings is 1. The van der Waals surface area contributed by atoms with Crippen molar-refractivity contribution in [2.24, 2.45) is 0 Å². The molecule has 2 aromatic rings. The molecule has 19 heavy (non-hydrogen) atoms. The van der Waals surface area contributed by atoms with E-state index in [-0.39, 0.29) is 18.4 Å². The first-order chi connectivity index (χ1) is 9.11. The monoisotopic (exact) mass is 259 g/mol. The van der Waals surface area contributed by atoms with E-state index in [0.29, 0.717) is 5.69 Å². The van der Waals surface area contributed by atoms with Crippen LogP contribution in [0.2, 0.25) is 0 Å². The second kappa shape index (κ2) is 5.56. The van der Waals surface area contributed by atoms with Gasteiger partial charge in [-0.3, -0.25) is 4.79 Å². The standard InChI is InChI=1S/C14H17N3O2/c1-9(7-13(18)19-2)17-14-11-6-4-3-5-10(11)12(15)8-16-14/h3-6,8-9H,7,15H2,1-2H3,(H,16,17)/t9-/m0/s1. The Balaban J connectivity index is 2.26. The van der Waals surface area contributed by atoms with E-state index in [1.54, 1.807) is 6.20 Å². The van der Waals surface area contributed by atoms with Crippen LogP contribution in [0, 0.1) is 0 Å². The molecule has 1 aromatic carbocycles. The molecule has 0 unspecified atom stereocenters. The maximum absolute atomic E-state index is 11.2. The van der Waals surface area contributed by atoms with Crippen molar-refractivity contribution in [1.29, 1.82) is 0 Å². The first-order valence-corrected chi connectivity index (χ1v) is 6.08. The number of hydrogen-bond acceptors (Lipinski definition) is 5. The highest BCUT2D eigenvalue weighted by atomic mass is 16.5. The van der Waals surface area contributed by atoms with Gasteiger partial charge in [0, 0.05) is 16.8 Å². The third-order valence-electron chi connectivity index (χ3n) is 2.91. The quantitative estimate of drug-likeness (QED) is 0.823. The van der Waals surface area contributed by atoms with Gasteiger partial charge >= 0.3 is 5.97 Å². The van der Waals surface area contributed by atoms with Gasteiger partial charge in [0.05, 0.1) is 25.4 Å². The van der Waals surface area contributed by atoms with Crippen LogP contribution < -0.4 is 11.1 Å². The van der Waals surface area contributed by atoms with Crippen LogP contribution in [0.25, 0.3) is 10.8 Å². The summed E-state index contributed by atoms with van der Waals surface area (Å²) in [5, 5.41) is 5.10. The molecule has 0 radical (unpaired) electrons. The fourth-order valence-corrected chi connectivity index (χ4v) is 1.95. The van der Waals surface area contributed by atoms with Gasteiger partial charge in [0.25, 0.3) is 0 Å². The van der Waals surface area contributed by atoms with E-state index in [9.17, 15) is 4.79 Å². The lowest BCUT2D eigenvalue weighted by Gasteiger charge is -2.15. The van der Waals surface area contributed by atoms with Crippen LogP contribution in [0.3, 0.4) is 0 Å². The Bertz CT molecular complexity index is 598. The molecule has 0 bridgehead atoms. The Morgan fingerprint density at radius 3 is 2.79 bits per heavy atom. The normalized spacial score (nSPS) is 12.1. The Labute approximate surface area is 111 Å². The zero-order valence-electron chi connectivity index (χ0n) is 11.0. The van der Waals surface area contributed by atoms with Crippen LogP contribution in [0.4, 0.5) is 11.5 Å². The van der Waals surface area contributed by atoms with Gasteiger partial charge in [0.15, 0.2) is 0 Å². The summed E-state index contributed by atoms with van der Waals surface area (Å²) in [5.41, 5.74) is 6.53. The minimum absolute atomic E-state index is 0.0630. The van der Waals surface area contributed by atoms with E-state index in [1.807, 2.05) is 31.2 Å². The maximum Gasteiger partial charge on any atom is 0.307 e. The Morgan fingerprint density at radius 1 is 1.42 bits per heavy atom. The number of pyridine rings is 1. The predicted octanol–water partition coefficient (Wildman–Crippen LogP) is 2.18. The van der Waals surface area contributed by atoms with Crippen molar-refractivity contribution in [3.63, 3.8) is 0 Å². The molecule has 0 spiro atoms. The van der Waals surface area contributed by atoms with Crippen LogP contribution in [-0.4, -0.2) is 24.1 Å². The summed E-state index contributed by atoms with van der Waals surface area (Å²) in [5.74, 6) is 0.473. The zero-order chi connectivity index (χ0) is 13.8. The van der Waals surface area contributed by atoms with Crippen molar-refractivity contribution < 1.29 is 9.53 Å². The molecule has 1 aromatic heterocycles. The van der Waals surface area contributed by atoms with Crippen molar-refractivity contribution in [3.05, 3.63) is 30.5 Å². The number of carbonyl (C=O) groups is 1. The van der Waals surface area contributed by atoms with Crippen LogP contribution >= 0.6 is 0 Å². The molecule has 100 valence electrons. The highest BCUT2D eigenvalue weighted by Crippen LogP contribution is 2.26. The lowest BCUT2D eigenvalue weighted by Crippen LogP contribution is -2.21. The summed E-state index contributed by atoms with van der Waals surface area (Å²) in [6, 6.07) is 7.70. The van der Waals surface area contributed by atoms with Crippen molar-refractivity contribution in [3.8, 4) is 0 Å². The average molecular weight is 259 g/mol. The molecule has 0 aliphatic rings. The number of aromatic nitrogens is 1. The van der Waals surface area contributed by atoms with E-state index in [4.69, 9.17) is 5.73 Å². The molecule has 1 atom stereocenters. The van der Waals surface area contributed by atoms with Crippen molar-refractivity contribution >= 4 is 28.2 Å². The van der Waals surface area contributed by atoms with Crippen molar-refractivity contribution in [2.45, 2.75) is 19.4 Å². The fourth-order valence-electron chi connectivity index (χ4n) is 1.95. The van der Waals surface area contributed by atoms with Gasteiger partial charge in [-0.1, -0.05) is 24.3 Å². The lowest BCUT2D eigenvalue weighted by molar-refractivity contribution is -0.140. The summed E-state index contributed by atoms with van der Waals surface area (Å²) in [4.78, 5) is 15.5. The molecule has 0 aliphatic heterocycles. The number of rotatable bonds is 4. The van der Waals surface area contributed by atoms with Crippen LogP contribution in [-0.2, 0) is 9.53 Å². The largest absolute Gasteiger partial charge is 0.469 e. The Morgan fingerprint density at radius 2 is 2.11 bits per heavy atom. The highest BCUT2D eigenvalue weighted by Gasteiger charge is 2.11. The van der Waals surface area contributed by atoms with E-state index in [2.05, 4.69) is 15.0 Å². The number of methoxy groups -OCH3 is 1. The van der Waals surface area contributed by atoms with Gasteiger partial charge in [-0.25, -0.2) is 4.98 Å². The molecule has 3 N–H and O–H groups in total. The Hall–Kier alpha value is -2.30. The minimum atomic E-state index is -0.250. The minimum Gasteiger partial charge on any atom is -0.469 e. The Kier molecular flexibility index (Phi) is 3.85. The van der Waals surface area contributed by atoms with Crippen molar-refractivity contribution in [2.75, 3.05) is 18.2 Å². The highest BCUT2D eigenvalue weighted by molar-refractivity contribution is 5.99. The maximum atomic E-state index is 11.2. The smallest absolute Gasteiger partial charge is 0.307 e. The number of nitrogens with one attached hydrogen (secondary N) is 1. The topological polar surface area (TPSA) is 77.2 Å². The molecule has 5 nitrogen and oxygen atoms in total. The molecule has 5 heteroatoms. The van der Waals surface area contributed by atoms with Crippen molar-refractivity contribution in [1.82, 2.24) is 4.98 Å². The number of ether oxygens (including phenoxy) is 1. The lowest BCUT2D eigenvalue weighted by atomic mass is 10.1. The molecular weight excluding hydrogens is 242 g/mol. The number of esters is 1. The molecule has 0 fully saturated rings. The van der Waals surface area contributed by atoms with Gasteiger partial charge in [-0.15, -0.1) is 0 Å². The summed E-state index contributed by atoms with van der Waals surface area (Å²) < 4.78 is 4.65. The number of nitrogens with two attached hydrogens (primary N) is 1. The van der Waals surface area contributed by atoms with E-state index in [1.165, 1.54) is 7.11 Å². The average Bonchev–Trinajstić information content (AvgIpc) is 2.42. The second-order valence-corrected chi connectivity index (χ2v) is 4.43. The summed E-state index contributed by atoms with van der Waals surface area (Å²) in [6.07, 6.45) is 1.91. The molecule has 0 saturated carbocycles. The van der Waals surface area contributed by atoms with Gasteiger partial charge < -0.3 is 15.8 Å². The molecule has 1 heterocycles. The fraction of sp³-hybridized carbons (Fsp3) is 0.286. The number of fused-ring (bicyclic) bond motifs is 1. The third kappa shape index (κ3) is 2.93. The first kappa shape index (κ1) is 13.1. The van der Waals surface area contributed by atoms with Gasteiger partial charge in [-0.2, -0.15) is 0 Å². The number of nitrogens with zero attached hydrogens (tertiary/aromatic N) is 1. The van der Waals surface area contributed by atoms with Crippen LogP contribution in [0.1, 0.15) is 13.3 Å². The molecule has 0 aliphatic carbocycles. The second-order valence-electron chi connectivity index (χ2n) is 4.43. The number of nitrogen functional groups attached to an aromatic ring is 1. The molecule has 0 amide bonds. The van der Waals surface area contributed by atoms with E-state index < -0.39 is 0 Å². The van der Waals surface area contributed by atoms with Crippen LogP contribution in [0.5, 0.6) is 0 Å². The van der Waals surface area contributed by atoms with Gasteiger partial charge in [0.1, 0.15) is 5.82 Å². The predicted molar refractivity (Wildman–Crippen MR) is 75.9 cm³/mol. The third-order valence-corrected chi connectivity index (χ3v) is 2.91. The first-order valence-electron chi connectivity index (χ1n) is 6.08. The zero-order valence-corrected chi connectivity index (χ0v) is 11.0. The number of hydrogen-bond donors (Lipinski definition) is 2. The molecule has 2 rings (SSSR count).